The van der Waals surface area contributed by atoms with Gasteiger partial charge in [-0.05, 0) is 41.0 Å². The molecule has 4 N–H and O–H groups in total. The highest BCUT2D eigenvalue weighted by Gasteiger charge is 2.17. The minimum atomic E-state index is 0.0413. The molecule has 2 heterocycles. The molecule has 1 aliphatic rings. The van der Waals surface area contributed by atoms with Crippen LogP contribution in [0.25, 0.3) is 11.1 Å². The molecule has 0 fully saturated rings. The molecule has 0 unspecified atom stereocenters. The van der Waals surface area contributed by atoms with Gasteiger partial charge >= 0.3 is 0 Å². The van der Waals surface area contributed by atoms with E-state index < -0.39 is 0 Å². The van der Waals surface area contributed by atoms with Crippen LogP contribution in [0.2, 0.25) is 0 Å². The van der Waals surface area contributed by atoms with Crippen molar-refractivity contribution in [1.82, 2.24) is 4.98 Å². The van der Waals surface area contributed by atoms with Gasteiger partial charge in [0, 0.05) is 25.0 Å². The zero-order chi connectivity index (χ0) is 20.3. The minimum Gasteiger partial charge on any atom is -0.378 e. The van der Waals surface area contributed by atoms with Crippen molar-refractivity contribution in [2.45, 2.75) is 6.42 Å². The number of carbonyl (C=O) groups is 1. The number of ether oxygens (including phenoxy) is 3. The molecule has 8 nitrogen and oxygen atoms in total. The number of rotatable bonds is 13. The second-order valence-electron chi connectivity index (χ2n) is 6.58. The first-order valence-corrected chi connectivity index (χ1v) is 9.82. The van der Waals surface area contributed by atoms with Crippen LogP contribution in [0, 0.1) is 0 Å². The summed E-state index contributed by atoms with van der Waals surface area (Å²) in [6.07, 6.45) is 2.21. The minimum absolute atomic E-state index is 0.0413. The van der Waals surface area contributed by atoms with Crippen LogP contribution >= 0.6 is 0 Å². The number of hydrogen-bond donors (Lipinski definition) is 3. The third kappa shape index (κ3) is 6.79. The molecule has 0 spiro atoms. The molecular weight excluding hydrogens is 372 g/mol. The molecule has 1 aromatic carbocycles. The Morgan fingerprint density at radius 1 is 0.966 bits per heavy atom. The van der Waals surface area contributed by atoms with Gasteiger partial charge in [-0.1, -0.05) is 6.07 Å². The van der Waals surface area contributed by atoms with E-state index in [9.17, 15) is 4.79 Å². The molecule has 3 rings (SSSR count). The lowest BCUT2D eigenvalue weighted by Gasteiger charge is -2.09. The zero-order valence-corrected chi connectivity index (χ0v) is 16.5. The highest BCUT2D eigenvalue weighted by atomic mass is 16.5. The molecule has 1 aliphatic heterocycles. The first-order valence-electron chi connectivity index (χ1n) is 9.82. The SMILES string of the molecule is NCCOCCOCCOCCNc1cc(-c2ccc3c(c2)CC(=O)N3)ccn1. The topological polar surface area (TPSA) is 108 Å². The Hall–Kier alpha value is -2.52. The maximum atomic E-state index is 11.5. The monoisotopic (exact) mass is 400 g/mol. The maximum Gasteiger partial charge on any atom is 0.228 e. The van der Waals surface area contributed by atoms with Crippen molar-refractivity contribution in [3.63, 3.8) is 0 Å². The Morgan fingerprint density at radius 3 is 2.48 bits per heavy atom. The Balaban J connectivity index is 1.36. The van der Waals surface area contributed by atoms with E-state index in [1.165, 1.54) is 0 Å². The second kappa shape index (κ2) is 11.5. The van der Waals surface area contributed by atoms with Crippen molar-refractivity contribution in [3.8, 4) is 11.1 Å². The zero-order valence-electron chi connectivity index (χ0n) is 16.5. The van der Waals surface area contributed by atoms with E-state index in [2.05, 4.69) is 21.7 Å². The summed E-state index contributed by atoms with van der Waals surface area (Å²) in [5, 5.41) is 6.12. The third-order valence-electron chi connectivity index (χ3n) is 4.38. The summed E-state index contributed by atoms with van der Waals surface area (Å²) in [6, 6.07) is 9.96. The molecule has 0 aliphatic carbocycles. The number of fused-ring (bicyclic) bond motifs is 1. The van der Waals surface area contributed by atoms with Gasteiger partial charge < -0.3 is 30.6 Å². The summed E-state index contributed by atoms with van der Waals surface area (Å²) in [4.78, 5) is 15.9. The first kappa shape index (κ1) is 21.2. The van der Waals surface area contributed by atoms with Gasteiger partial charge in [0.1, 0.15) is 5.82 Å². The van der Waals surface area contributed by atoms with E-state index in [0.29, 0.717) is 59.2 Å². The number of aromatic nitrogens is 1. The molecule has 0 radical (unpaired) electrons. The van der Waals surface area contributed by atoms with Crippen LogP contribution in [-0.4, -0.2) is 63.6 Å². The number of benzene rings is 1. The van der Waals surface area contributed by atoms with Crippen molar-refractivity contribution >= 4 is 17.4 Å². The molecule has 156 valence electrons. The van der Waals surface area contributed by atoms with Crippen molar-refractivity contribution in [2.24, 2.45) is 5.73 Å². The van der Waals surface area contributed by atoms with Crippen molar-refractivity contribution in [3.05, 3.63) is 42.1 Å². The lowest BCUT2D eigenvalue weighted by Crippen LogP contribution is -2.15. The van der Waals surface area contributed by atoms with Crippen LogP contribution in [0.15, 0.2) is 36.5 Å². The van der Waals surface area contributed by atoms with Crippen molar-refractivity contribution < 1.29 is 19.0 Å². The standard InChI is InChI=1S/C21H28N4O4/c22-4-7-27-9-11-29-12-10-28-8-6-24-20-14-17(3-5-23-20)16-1-2-19-18(13-16)15-21(26)25-19/h1-3,5,13-14H,4,6-12,15,22H2,(H,23,24)(H,25,26). The average molecular weight is 400 g/mol. The molecule has 1 amide bonds. The predicted molar refractivity (Wildman–Crippen MR) is 112 cm³/mol. The fraction of sp³-hybridized carbons (Fsp3) is 0.429. The summed E-state index contributed by atoms with van der Waals surface area (Å²) in [5.41, 5.74) is 9.37. The Labute approximate surface area is 170 Å². The van der Waals surface area contributed by atoms with Crippen LogP contribution in [-0.2, 0) is 25.4 Å². The van der Waals surface area contributed by atoms with Gasteiger partial charge in [-0.3, -0.25) is 4.79 Å². The highest BCUT2D eigenvalue weighted by Crippen LogP contribution is 2.29. The van der Waals surface area contributed by atoms with Gasteiger partial charge in [-0.15, -0.1) is 0 Å². The summed E-state index contributed by atoms with van der Waals surface area (Å²) in [6.45, 7) is 4.47. The van der Waals surface area contributed by atoms with E-state index in [0.717, 1.165) is 28.2 Å². The van der Waals surface area contributed by atoms with E-state index >= 15 is 0 Å². The van der Waals surface area contributed by atoms with Crippen LogP contribution < -0.4 is 16.4 Å². The summed E-state index contributed by atoms with van der Waals surface area (Å²) in [7, 11) is 0. The van der Waals surface area contributed by atoms with Gasteiger partial charge in [0.25, 0.3) is 0 Å². The van der Waals surface area contributed by atoms with Gasteiger partial charge in [0.2, 0.25) is 5.91 Å². The largest absolute Gasteiger partial charge is 0.378 e. The molecule has 2 aromatic rings. The van der Waals surface area contributed by atoms with E-state index in [-0.39, 0.29) is 5.91 Å². The first-order chi connectivity index (χ1) is 14.3. The molecule has 29 heavy (non-hydrogen) atoms. The highest BCUT2D eigenvalue weighted by molar-refractivity contribution is 5.99. The average Bonchev–Trinajstić information content (AvgIpc) is 3.11. The van der Waals surface area contributed by atoms with Gasteiger partial charge in [0.05, 0.1) is 46.1 Å². The fourth-order valence-electron chi connectivity index (χ4n) is 2.99. The molecule has 0 saturated carbocycles. The number of hydrogen-bond acceptors (Lipinski definition) is 7. The summed E-state index contributed by atoms with van der Waals surface area (Å²) < 4.78 is 16.2. The van der Waals surface area contributed by atoms with Gasteiger partial charge in [0.15, 0.2) is 0 Å². The van der Waals surface area contributed by atoms with Crippen LogP contribution in [0.1, 0.15) is 5.56 Å². The Kier molecular flexibility index (Phi) is 8.39. The summed E-state index contributed by atoms with van der Waals surface area (Å²) >= 11 is 0. The number of pyridine rings is 1. The molecule has 0 atom stereocenters. The second-order valence-corrected chi connectivity index (χ2v) is 6.58. The van der Waals surface area contributed by atoms with E-state index in [1.807, 2.05) is 24.3 Å². The van der Waals surface area contributed by atoms with Crippen LogP contribution in [0.3, 0.4) is 0 Å². The van der Waals surface area contributed by atoms with Gasteiger partial charge in [-0.2, -0.15) is 0 Å². The number of nitrogens with two attached hydrogens (primary N) is 1. The molecular formula is C21H28N4O4. The quantitative estimate of drug-likeness (QED) is 0.439. The lowest BCUT2D eigenvalue weighted by atomic mass is 10.0. The third-order valence-corrected chi connectivity index (χ3v) is 4.38. The maximum absolute atomic E-state index is 11.5. The molecule has 0 bridgehead atoms. The smallest absolute Gasteiger partial charge is 0.228 e. The number of carbonyl (C=O) groups excluding carboxylic acids is 1. The predicted octanol–water partition coefficient (Wildman–Crippen LogP) is 1.66. The van der Waals surface area contributed by atoms with Crippen LogP contribution in [0.5, 0.6) is 0 Å². The number of anilines is 2. The van der Waals surface area contributed by atoms with Crippen molar-refractivity contribution in [2.75, 3.05) is 63.4 Å². The number of amides is 1. The Bertz CT molecular complexity index is 800. The molecule has 0 saturated heterocycles. The normalized spacial score (nSPS) is 12.7. The molecule has 8 heteroatoms. The fourth-order valence-corrected chi connectivity index (χ4v) is 2.99. The van der Waals surface area contributed by atoms with E-state index in [4.69, 9.17) is 19.9 Å². The lowest BCUT2D eigenvalue weighted by molar-refractivity contribution is -0.115. The van der Waals surface area contributed by atoms with Gasteiger partial charge in [-0.25, -0.2) is 4.98 Å². The Morgan fingerprint density at radius 2 is 1.69 bits per heavy atom. The van der Waals surface area contributed by atoms with Crippen LogP contribution in [0.4, 0.5) is 11.5 Å². The molecule has 1 aromatic heterocycles. The summed E-state index contributed by atoms with van der Waals surface area (Å²) in [5.74, 6) is 0.827. The van der Waals surface area contributed by atoms with E-state index in [1.54, 1.807) is 6.20 Å². The number of nitrogens with one attached hydrogen (secondary N) is 2. The van der Waals surface area contributed by atoms with Crippen molar-refractivity contribution in [1.29, 1.82) is 0 Å². The number of nitrogens with zero attached hydrogens (tertiary/aromatic N) is 1.